The van der Waals surface area contributed by atoms with Crippen molar-refractivity contribution in [2.45, 2.75) is 20.0 Å². The highest BCUT2D eigenvalue weighted by Crippen LogP contribution is 2.16. The SMILES string of the molecule is COc1ccc(NC(=O)[C@H](C)OC(=O)c2cn3ccc(C)cc3n2)cc1. The van der Waals surface area contributed by atoms with Crippen molar-refractivity contribution >= 4 is 23.2 Å². The van der Waals surface area contributed by atoms with Crippen LogP contribution in [-0.4, -0.2) is 34.5 Å². The number of aromatic nitrogens is 2. The number of ether oxygens (including phenoxy) is 2. The number of fused-ring (bicyclic) bond motifs is 1. The van der Waals surface area contributed by atoms with Gasteiger partial charge >= 0.3 is 5.97 Å². The lowest BCUT2D eigenvalue weighted by atomic mass is 10.3. The number of benzene rings is 1. The highest BCUT2D eigenvalue weighted by Gasteiger charge is 2.21. The van der Waals surface area contributed by atoms with Gasteiger partial charge in [-0.1, -0.05) is 0 Å². The summed E-state index contributed by atoms with van der Waals surface area (Å²) in [6.07, 6.45) is 2.43. The maximum absolute atomic E-state index is 12.3. The fourth-order valence-corrected chi connectivity index (χ4v) is 2.37. The molecule has 1 amide bonds. The van der Waals surface area contributed by atoms with E-state index >= 15 is 0 Å². The van der Waals surface area contributed by atoms with Crippen LogP contribution in [0.25, 0.3) is 5.65 Å². The summed E-state index contributed by atoms with van der Waals surface area (Å²) in [5.74, 6) is -0.392. The number of rotatable bonds is 5. The van der Waals surface area contributed by atoms with E-state index in [0.717, 1.165) is 5.56 Å². The van der Waals surface area contributed by atoms with E-state index in [4.69, 9.17) is 9.47 Å². The Bertz CT molecular complexity index is 947. The van der Waals surface area contributed by atoms with Gasteiger partial charge in [-0.2, -0.15) is 0 Å². The first-order valence-electron chi connectivity index (χ1n) is 8.07. The van der Waals surface area contributed by atoms with Crippen molar-refractivity contribution in [2.24, 2.45) is 0 Å². The van der Waals surface area contributed by atoms with Gasteiger partial charge in [0, 0.05) is 18.1 Å². The number of anilines is 1. The molecule has 1 N–H and O–H groups in total. The standard InChI is InChI=1S/C19H19N3O4/c1-12-8-9-22-11-16(21-17(22)10-12)19(24)26-13(2)18(23)20-14-4-6-15(25-3)7-5-14/h4-11,13H,1-3H3,(H,20,23)/t13-/m0/s1. The lowest BCUT2D eigenvalue weighted by Crippen LogP contribution is -2.30. The van der Waals surface area contributed by atoms with Gasteiger partial charge in [0.1, 0.15) is 11.4 Å². The van der Waals surface area contributed by atoms with Crippen molar-refractivity contribution in [1.29, 1.82) is 0 Å². The van der Waals surface area contributed by atoms with Crippen LogP contribution in [-0.2, 0) is 9.53 Å². The molecule has 0 fully saturated rings. The lowest BCUT2D eigenvalue weighted by Gasteiger charge is -2.13. The third kappa shape index (κ3) is 3.83. The summed E-state index contributed by atoms with van der Waals surface area (Å²) >= 11 is 0. The van der Waals surface area contributed by atoms with Crippen LogP contribution in [0.1, 0.15) is 23.0 Å². The molecule has 0 bridgehead atoms. The minimum absolute atomic E-state index is 0.152. The van der Waals surface area contributed by atoms with Crippen molar-refractivity contribution in [3.8, 4) is 5.75 Å². The molecule has 26 heavy (non-hydrogen) atoms. The van der Waals surface area contributed by atoms with Crippen LogP contribution in [0, 0.1) is 6.92 Å². The zero-order valence-corrected chi connectivity index (χ0v) is 14.7. The third-order valence-corrected chi connectivity index (χ3v) is 3.84. The predicted octanol–water partition coefficient (Wildman–Crippen LogP) is 2.84. The molecule has 7 heteroatoms. The number of nitrogens with zero attached hydrogens (tertiary/aromatic N) is 2. The fourth-order valence-electron chi connectivity index (χ4n) is 2.37. The summed E-state index contributed by atoms with van der Waals surface area (Å²) < 4.78 is 12.0. The Balaban J connectivity index is 1.64. The molecule has 0 spiro atoms. The average Bonchev–Trinajstić information content (AvgIpc) is 3.05. The van der Waals surface area contributed by atoms with Crippen LogP contribution in [0.5, 0.6) is 5.75 Å². The Hall–Kier alpha value is -3.35. The Kier molecular flexibility index (Phi) is 4.88. The molecule has 0 aliphatic heterocycles. The predicted molar refractivity (Wildman–Crippen MR) is 96.4 cm³/mol. The molecule has 0 aliphatic rings. The van der Waals surface area contributed by atoms with E-state index in [1.807, 2.05) is 25.3 Å². The number of hydrogen-bond acceptors (Lipinski definition) is 5. The van der Waals surface area contributed by atoms with Gasteiger partial charge in [-0.3, -0.25) is 4.79 Å². The molecule has 2 heterocycles. The minimum Gasteiger partial charge on any atom is -0.497 e. The highest BCUT2D eigenvalue weighted by molar-refractivity contribution is 5.97. The zero-order valence-electron chi connectivity index (χ0n) is 14.7. The molecule has 1 atom stereocenters. The number of amides is 1. The van der Waals surface area contributed by atoms with E-state index in [-0.39, 0.29) is 5.69 Å². The number of hydrogen-bond donors (Lipinski definition) is 1. The summed E-state index contributed by atoms with van der Waals surface area (Å²) in [7, 11) is 1.57. The average molecular weight is 353 g/mol. The van der Waals surface area contributed by atoms with E-state index in [1.54, 1.807) is 42.0 Å². The number of pyridine rings is 1. The van der Waals surface area contributed by atoms with Crippen LogP contribution in [0.4, 0.5) is 5.69 Å². The third-order valence-electron chi connectivity index (χ3n) is 3.84. The van der Waals surface area contributed by atoms with Gasteiger partial charge in [0.15, 0.2) is 11.8 Å². The topological polar surface area (TPSA) is 81.9 Å². The second-order valence-corrected chi connectivity index (χ2v) is 5.86. The van der Waals surface area contributed by atoms with Crippen LogP contribution < -0.4 is 10.1 Å². The second kappa shape index (κ2) is 7.26. The molecule has 0 radical (unpaired) electrons. The smallest absolute Gasteiger partial charge is 0.359 e. The Morgan fingerprint density at radius 3 is 2.62 bits per heavy atom. The molecule has 0 unspecified atom stereocenters. The van der Waals surface area contributed by atoms with Crippen molar-refractivity contribution in [1.82, 2.24) is 9.38 Å². The Labute approximate surface area is 150 Å². The normalized spacial score (nSPS) is 11.8. The van der Waals surface area contributed by atoms with Crippen LogP contribution >= 0.6 is 0 Å². The second-order valence-electron chi connectivity index (χ2n) is 5.86. The highest BCUT2D eigenvalue weighted by atomic mass is 16.5. The van der Waals surface area contributed by atoms with Crippen molar-refractivity contribution < 1.29 is 19.1 Å². The number of methoxy groups -OCH3 is 1. The van der Waals surface area contributed by atoms with E-state index in [1.165, 1.54) is 6.92 Å². The molecule has 3 aromatic rings. The number of esters is 1. The van der Waals surface area contributed by atoms with E-state index in [0.29, 0.717) is 17.1 Å². The summed E-state index contributed by atoms with van der Waals surface area (Å²) in [5.41, 5.74) is 2.42. The summed E-state index contributed by atoms with van der Waals surface area (Å²) in [4.78, 5) is 28.7. The zero-order chi connectivity index (χ0) is 18.7. The monoisotopic (exact) mass is 353 g/mol. The lowest BCUT2D eigenvalue weighted by molar-refractivity contribution is -0.123. The maximum atomic E-state index is 12.3. The van der Waals surface area contributed by atoms with Gasteiger partial charge in [-0.05, 0) is 55.8 Å². The first-order chi connectivity index (χ1) is 12.5. The number of nitrogens with one attached hydrogen (secondary N) is 1. The van der Waals surface area contributed by atoms with Gasteiger partial charge in [0.05, 0.1) is 7.11 Å². The fraction of sp³-hybridized carbons (Fsp3) is 0.211. The van der Waals surface area contributed by atoms with Crippen LogP contribution in [0.3, 0.4) is 0 Å². The van der Waals surface area contributed by atoms with Crippen molar-refractivity contribution in [3.63, 3.8) is 0 Å². The summed E-state index contributed by atoms with van der Waals surface area (Å²) in [6, 6.07) is 10.6. The molecule has 0 saturated carbocycles. The van der Waals surface area contributed by atoms with E-state index in [9.17, 15) is 9.59 Å². The number of aryl methyl sites for hydroxylation is 1. The first-order valence-corrected chi connectivity index (χ1v) is 8.07. The van der Waals surface area contributed by atoms with Crippen LogP contribution in [0.2, 0.25) is 0 Å². The Morgan fingerprint density at radius 2 is 1.92 bits per heavy atom. The van der Waals surface area contributed by atoms with Gasteiger partial charge in [0.25, 0.3) is 5.91 Å². The number of carbonyl (C=O) groups excluding carboxylic acids is 2. The quantitative estimate of drug-likeness (QED) is 0.713. The van der Waals surface area contributed by atoms with Crippen molar-refractivity contribution in [2.75, 3.05) is 12.4 Å². The molecule has 0 aliphatic carbocycles. The Morgan fingerprint density at radius 1 is 1.19 bits per heavy atom. The maximum Gasteiger partial charge on any atom is 0.359 e. The van der Waals surface area contributed by atoms with E-state index in [2.05, 4.69) is 10.3 Å². The largest absolute Gasteiger partial charge is 0.497 e. The molecular weight excluding hydrogens is 334 g/mol. The summed E-state index contributed by atoms with van der Waals surface area (Å²) in [5, 5.41) is 2.69. The van der Waals surface area contributed by atoms with Crippen LogP contribution in [0.15, 0.2) is 48.8 Å². The molecule has 2 aromatic heterocycles. The van der Waals surface area contributed by atoms with Crippen molar-refractivity contribution in [3.05, 3.63) is 60.0 Å². The molecule has 7 nitrogen and oxygen atoms in total. The van der Waals surface area contributed by atoms with E-state index < -0.39 is 18.0 Å². The summed E-state index contributed by atoms with van der Waals surface area (Å²) in [6.45, 7) is 3.45. The molecule has 1 aromatic carbocycles. The number of carbonyl (C=O) groups is 2. The van der Waals surface area contributed by atoms with Gasteiger partial charge in [-0.15, -0.1) is 0 Å². The molecule has 0 saturated heterocycles. The first kappa shape index (κ1) is 17.5. The molecular formula is C19H19N3O4. The van der Waals surface area contributed by atoms with Gasteiger partial charge in [0.2, 0.25) is 0 Å². The molecule has 134 valence electrons. The van der Waals surface area contributed by atoms with Gasteiger partial charge in [-0.25, -0.2) is 9.78 Å². The van der Waals surface area contributed by atoms with Gasteiger partial charge < -0.3 is 19.2 Å². The minimum atomic E-state index is -0.962. The molecule has 3 rings (SSSR count). The number of imidazole rings is 1.